The Morgan fingerprint density at radius 2 is 1.75 bits per heavy atom. The number of ketones is 1. The van der Waals surface area contributed by atoms with Crippen LogP contribution in [-0.4, -0.2) is 5.78 Å². The summed E-state index contributed by atoms with van der Waals surface area (Å²) in [6.07, 6.45) is 2.48. The van der Waals surface area contributed by atoms with E-state index in [9.17, 15) is 4.79 Å². The molecule has 0 N–H and O–H groups in total. The van der Waals surface area contributed by atoms with Crippen LogP contribution < -0.4 is 24.0 Å². The first kappa shape index (κ1) is 18.7. The van der Waals surface area contributed by atoms with Gasteiger partial charge in [0, 0.05) is 11.8 Å². The third-order valence-corrected chi connectivity index (χ3v) is 1.49. The Morgan fingerprint density at radius 3 is 2.00 bits per heavy atom. The molecule has 0 aliphatic heterocycles. The molecule has 0 saturated heterocycles. The standard InChI is InChI=1S/C9H17O.HI.Zn/c1-5-6-7-8(10)9(2,3)4;;/h1,5-7H2,2-4H3;1H;/q-1;;+2/p-1. The Hall–Kier alpha value is 1.02. The van der Waals surface area contributed by atoms with Crippen LogP contribution in [0.25, 0.3) is 0 Å². The van der Waals surface area contributed by atoms with Crippen LogP contribution in [0.3, 0.4) is 0 Å². The minimum Gasteiger partial charge on any atom is -1.00 e. The van der Waals surface area contributed by atoms with Gasteiger partial charge in [-0.25, -0.2) is 0 Å². The van der Waals surface area contributed by atoms with E-state index in [1.165, 1.54) is 0 Å². The third-order valence-electron chi connectivity index (χ3n) is 1.49. The average molecular weight is 334 g/mol. The number of Topliss-reactive ketones (excluding diaryl/α,β-unsaturated/α-hetero) is 1. The van der Waals surface area contributed by atoms with Crippen molar-refractivity contribution in [3.05, 3.63) is 6.92 Å². The van der Waals surface area contributed by atoms with Crippen molar-refractivity contribution in [2.45, 2.75) is 40.0 Å². The molecule has 12 heavy (non-hydrogen) atoms. The summed E-state index contributed by atoms with van der Waals surface area (Å²) in [5.41, 5.74) is -0.158. The van der Waals surface area contributed by atoms with Crippen LogP contribution in [0.4, 0.5) is 0 Å². The fourth-order valence-corrected chi connectivity index (χ4v) is 0.661. The summed E-state index contributed by atoms with van der Waals surface area (Å²) in [6.45, 7) is 9.56. The van der Waals surface area contributed by atoms with Gasteiger partial charge in [0.05, 0.1) is 0 Å². The van der Waals surface area contributed by atoms with Crippen LogP contribution in [0.1, 0.15) is 40.0 Å². The van der Waals surface area contributed by atoms with Gasteiger partial charge in [0.25, 0.3) is 0 Å². The predicted molar refractivity (Wildman–Crippen MR) is 43.7 cm³/mol. The molecular weight excluding hydrogens is 316 g/mol. The second-order valence-electron chi connectivity index (χ2n) is 3.63. The molecule has 0 aromatic heterocycles. The minimum atomic E-state index is -0.158. The number of carbonyl (C=O) groups is 1. The number of unbranched alkanes of at least 4 members (excludes halogenated alkanes) is 1. The van der Waals surface area contributed by atoms with Gasteiger partial charge in [-0.1, -0.05) is 27.2 Å². The van der Waals surface area contributed by atoms with Crippen molar-refractivity contribution >= 4 is 5.78 Å². The van der Waals surface area contributed by atoms with E-state index in [0.717, 1.165) is 12.8 Å². The van der Waals surface area contributed by atoms with Crippen LogP contribution in [0.15, 0.2) is 0 Å². The molecule has 0 bridgehead atoms. The van der Waals surface area contributed by atoms with Crippen LogP contribution in [-0.2, 0) is 24.3 Å². The molecule has 0 saturated carbocycles. The molecule has 0 spiro atoms. The molecule has 3 heteroatoms. The molecule has 0 aliphatic rings. The van der Waals surface area contributed by atoms with Crippen molar-refractivity contribution in [2.24, 2.45) is 5.41 Å². The zero-order chi connectivity index (χ0) is 8.20. The first-order chi connectivity index (χ1) is 4.48. The molecule has 0 aromatic carbocycles. The van der Waals surface area contributed by atoms with E-state index in [1.54, 1.807) is 0 Å². The summed E-state index contributed by atoms with van der Waals surface area (Å²) >= 11 is 0. The normalized spacial score (nSPS) is 9.67. The number of carbonyl (C=O) groups excluding carboxylic acids is 1. The number of hydrogen-bond acceptors (Lipinski definition) is 1. The summed E-state index contributed by atoms with van der Waals surface area (Å²) in [5, 5.41) is 0. The number of halogens is 1. The topological polar surface area (TPSA) is 17.1 Å². The zero-order valence-corrected chi connectivity index (χ0v) is 13.4. The fourth-order valence-electron chi connectivity index (χ4n) is 0.661. The smallest absolute Gasteiger partial charge is 1.00 e. The van der Waals surface area contributed by atoms with E-state index in [1.807, 2.05) is 20.8 Å². The second-order valence-corrected chi connectivity index (χ2v) is 3.63. The SMILES string of the molecule is [CH2-]CCCC(=O)C(C)(C)C.[I-].[Zn+2]. The summed E-state index contributed by atoms with van der Waals surface area (Å²) in [7, 11) is 0. The largest absolute Gasteiger partial charge is 2.00 e. The second kappa shape index (κ2) is 8.61. The van der Waals surface area contributed by atoms with E-state index >= 15 is 0 Å². The average Bonchev–Trinajstić information content (AvgIpc) is 1.80. The van der Waals surface area contributed by atoms with Gasteiger partial charge >= 0.3 is 19.5 Å². The molecule has 0 rings (SSSR count). The Bertz CT molecular complexity index is 118. The zero-order valence-electron chi connectivity index (χ0n) is 8.32. The molecule has 1 nitrogen and oxygen atoms in total. The van der Waals surface area contributed by atoms with E-state index < -0.39 is 0 Å². The van der Waals surface area contributed by atoms with Gasteiger partial charge < -0.3 is 30.9 Å². The van der Waals surface area contributed by atoms with Gasteiger partial charge in [0.2, 0.25) is 0 Å². The van der Waals surface area contributed by atoms with Crippen molar-refractivity contribution < 1.29 is 48.2 Å². The fraction of sp³-hybridized carbons (Fsp3) is 0.778. The summed E-state index contributed by atoms with van der Waals surface area (Å²) in [6, 6.07) is 0. The van der Waals surface area contributed by atoms with Crippen molar-refractivity contribution in [1.82, 2.24) is 0 Å². The van der Waals surface area contributed by atoms with E-state index in [0.29, 0.717) is 12.2 Å². The Labute approximate surface area is 106 Å². The molecule has 0 aromatic rings. The summed E-state index contributed by atoms with van der Waals surface area (Å²) < 4.78 is 0. The van der Waals surface area contributed by atoms with Crippen molar-refractivity contribution in [3.63, 3.8) is 0 Å². The molecule has 0 fully saturated rings. The van der Waals surface area contributed by atoms with Gasteiger partial charge in [-0.15, -0.1) is 0 Å². The van der Waals surface area contributed by atoms with Crippen LogP contribution in [0, 0.1) is 12.3 Å². The van der Waals surface area contributed by atoms with Crippen LogP contribution >= 0.6 is 0 Å². The maximum atomic E-state index is 11.2. The molecule has 0 heterocycles. The maximum absolute atomic E-state index is 11.2. The molecule has 0 radical (unpaired) electrons. The summed E-state index contributed by atoms with van der Waals surface area (Å²) in [5.74, 6) is 0.344. The van der Waals surface area contributed by atoms with E-state index in [-0.39, 0.29) is 48.9 Å². The number of rotatable bonds is 3. The van der Waals surface area contributed by atoms with Gasteiger partial charge in [-0.3, -0.25) is 4.79 Å². The Kier molecular flexibility index (Phi) is 13.5. The summed E-state index contributed by atoms with van der Waals surface area (Å²) in [4.78, 5) is 11.2. The van der Waals surface area contributed by atoms with Gasteiger partial charge in [-0.05, 0) is 0 Å². The minimum absolute atomic E-state index is 0. The van der Waals surface area contributed by atoms with Crippen molar-refractivity contribution in [3.8, 4) is 0 Å². The van der Waals surface area contributed by atoms with Crippen LogP contribution in [0.5, 0.6) is 0 Å². The molecule has 0 aliphatic carbocycles. The van der Waals surface area contributed by atoms with Crippen LogP contribution in [0.2, 0.25) is 0 Å². The van der Waals surface area contributed by atoms with Gasteiger partial charge in [0.15, 0.2) is 0 Å². The molecule has 68 valence electrons. The van der Waals surface area contributed by atoms with E-state index in [4.69, 9.17) is 0 Å². The van der Waals surface area contributed by atoms with Gasteiger partial charge in [-0.2, -0.15) is 6.42 Å². The van der Waals surface area contributed by atoms with Gasteiger partial charge in [0.1, 0.15) is 5.78 Å². The van der Waals surface area contributed by atoms with Crippen molar-refractivity contribution in [2.75, 3.05) is 0 Å². The maximum Gasteiger partial charge on any atom is 2.00 e. The molecule has 0 atom stereocenters. The number of hydrogen-bond donors (Lipinski definition) is 0. The monoisotopic (exact) mass is 332 g/mol. The van der Waals surface area contributed by atoms with Crippen molar-refractivity contribution in [1.29, 1.82) is 0 Å². The molecule has 0 unspecified atom stereocenters. The molecule has 0 amide bonds. The first-order valence-electron chi connectivity index (χ1n) is 3.81. The molecular formula is C9H17IOZn. The predicted octanol–water partition coefficient (Wildman–Crippen LogP) is -0.393. The van der Waals surface area contributed by atoms with E-state index in [2.05, 4.69) is 6.92 Å². The Balaban J connectivity index is -0.000000405. The quantitative estimate of drug-likeness (QED) is 0.391. The first-order valence-corrected chi connectivity index (χ1v) is 3.81. The Morgan fingerprint density at radius 1 is 1.33 bits per heavy atom. The third kappa shape index (κ3) is 9.11.